The van der Waals surface area contributed by atoms with E-state index in [1.165, 1.54) is 17.8 Å². The minimum Gasteiger partial charge on any atom is -0.363 e. The van der Waals surface area contributed by atoms with E-state index in [9.17, 15) is 0 Å². The van der Waals surface area contributed by atoms with Gasteiger partial charge in [-0.1, -0.05) is 27.7 Å². The van der Waals surface area contributed by atoms with Gasteiger partial charge in [0, 0.05) is 38.4 Å². The molecule has 0 bridgehead atoms. The van der Waals surface area contributed by atoms with E-state index in [1.54, 1.807) is 0 Å². The number of nitrogens with zero attached hydrogens (tertiary/aromatic N) is 3. The number of rotatable bonds is 4. The van der Waals surface area contributed by atoms with Crippen LogP contribution in [0.3, 0.4) is 0 Å². The highest BCUT2D eigenvalue weighted by atomic mass is 15.3. The van der Waals surface area contributed by atoms with Gasteiger partial charge >= 0.3 is 0 Å². The molecule has 1 saturated heterocycles. The van der Waals surface area contributed by atoms with Crippen LogP contribution in [0.25, 0.3) is 0 Å². The lowest BCUT2D eigenvalue weighted by Crippen LogP contribution is -2.58. The SMILES string of the molecule is CCc1nn(C)cc1N1CC(C(C)C)NCC1CC. The molecule has 19 heavy (non-hydrogen) atoms. The van der Waals surface area contributed by atoms with E-state index in [0.717, 1.165) is 19.5 Å². The second-order valence-electron chi connectivity index (χ2n) is 5.96. The van der Waals surface area contributed by atoms with E-state index in [2.05, 4.69) is 49.2 Å². The smallest absolute Gasteiger partial charge is 0.0855 e. The molecule has 4 nitrogen and oxygen atoms in total. The van der Waals surface area contributed by atoms with E-state index in [-0.39, 0.29) is 0 Å². The molecule has 1 aliphatic heterocycles. The molecular formula is C15H28N4. The van der Waals surface area contributed by atoms with Gasteiger partial charge in [0.05, 0.1) is 11.4 Å². The lowest BCUT2D eigenvalue weighted by molar-refractivity contribution is 0.325. The van der Waals surface area contributed by atoms with Gasteiger partial charge in [-0.3, -0.25) is 4.68 Å². The van der Waals surface area contributed by atoms with Crippen molar-refractivity contribution in [3.63, 3.8) is 0 Å². The first-order valence-electron chi connectivity index (χ1n) is 7.59. The van der Waals surface area contributed by atoms with Crippen LogP contribution in [-0.2, 0) is 13.5 Å². The summed E-state index contributed by atoms with van der Waals surface area (Å²) in [5.74, 6) is 0.669. The number of hydrogen-bond donors (Lipinski definition) is 1. The zero-order valence-electron chi connectivity index (χ0n) is 13.0. The van der Waals surface area contributed by atoms with Crippen LogP contribution in [0.15, 0.2) is 6.20 Å². The van der Waals surface area contributed by atoms with Crippen molar-refractivity contribution in [2.75, 3.05) is 18.0 Å². The van der Waals surface area contributed by atoms with Crippen LogP contribution in [0.5, 0.6) is 0 Å². The summed E-state index contributed by atoms with van der Waals surface area (Å²) in [4.78, 5) is 2.58. The van der Waals surface area contributed by atoms with E-state index in [0.29, 0.717) is 18.0 Å². The molecule has 1 aromatic rings. The quantitative estimate of drug-likeness (QED) is 0.905. The highest BCUT2D eigenvalue weighted by Gasteiger charge is 2.30. The Morgan fingerprint density at radius 2 is 2.16 bits per heavy atom. The summed E-state index contributed by atoms with van der Waals surface area (Å²) in [6, 6.07) is 1.16. The van der Waals surface area contributed by atoms with Crippen molar-refractivity contribution in [2.45, 2.75) is 52.6 Å². The molecular weight excluding hydrogens is 236 g/mol. The summed E-state index contributed by atoms with van der Waals surface area (Å²) in [6.45, 7) is 11.2. The molecule has 1 fully saturated rings. The van der Waals surface area contributed by atoms with Crippen LogP contribution in [0.1, 0.15) is 39.8 Å². The van der Waals surface area contributed by atoms with Gasteiger partial charge in [-0.25, -0.2) is 0 Å². The molecule has 108 valence electrons. The van der Waals surface area contributed by atoms with Gasteiger partial charge in [0.25, 0.3) is 0 Å². The van der Waals surface area contributed by atoms with Crippen LogP contribution in [0, 0.1) is 5.92 Å². The largest absolute Gasteiger partial charge is 0.363 e. The highest BCUT2D eigenvalue weighted by molar-refractivity contribution is 5.51. The van der Waals surface area contributed by atoms with Crippen LogP contribution in [0.4, 0.5) is 5.69 Å². The Bertz CT molecular complexity index is 410. The molecule has 2 unspecified atom stereocenters. The van der Waals surface area contributed by atoms with Crippen molar-refractivity contribution in [3.05, 3.63) is 11.9 Å². The van der Waals surface area contributed by atoms with Gasteiger partial charge in [-0.05, 0) is 18.8 Å². The fraction of sp³-hybridized carbons (Fsp3) is 0.800. The standard InChI is InChI=1S/C15H28N4/c1-6-12-8-16-14(11(3)4)9-19(12)15-10-18(5)17-13(15)7-2/h10-12,14,16H,6-9H2,1-5H3. The molecule has 1 aromatic heterocycles. The van der Waals surface area contributed by atoms with Crippen molar-refractivity contribution < 1.29 is 0 Å². The summed E-state index contributed by atoms with van der Waals surface area (Å²) >= 11 is 0. The molecule has 2 rings (SSSR count). The Labute approximate surface area is 117 Å². The van der Waals surface area contributed by atoms with Crippen LogP contribution >= 0.6 is 0 Å². The lowest BCUT2D eigenvalue weighted by atomic mass is 9.97. The number of aromatic nitrogens is 2. The summed E-state index contributed by atoms with van der Waals surface area (Å²) < 4.78 is 1.95. The zero-order valence-corrected chi connectivity index (χ0v) is 13.0. The van der Waals surface area contributed by atoms with E-state index < -0.39 is 0 Å². The number of nitrogens with one attached hydrogen (secondary N) is 1. The zero-order chi connectivity index (χ0) is 14.0. The van der Waals surface area contributed by atoms with Crippen LogP contribution in [0.2, 0.25) is 0 Å². The first-order chi connectivity index (χ1) is 9.06. The van der Waals surface area contributed by atoms with Gasteiger partial charge in [-0.15, -0.1) is 0 Å². The fourth-order valence-electron chi connectivity index (χ4n) is 2.94. The molecule has 2 heterocycles. The maximum absolute atomic E-state index is 4.60. The number of anilines is 1. The van der Waals surface area contributed by atoms with Crippen LogP contribution in [-0.4, -0.2) is 35.0 Å². The molecule has 0 saturated carbocycles. The third-order valence-electron chi connectivity index (χ3n) is 4.25. The van der Waals surface area contributed by atoms with Crippen LogP contribution < -0.4 is 10.2 Å². The summed E-state index contributed by atoms with van der Waals surface area (Å²) in [6.07, 6.45) is 4.36. The second kappa shape index (κ2) is 5.95. The van der Waals surface area contributed by atoms with E-state index in [4.69, 9.17) is 0 Å². The summed E-state index contributed by atoms with van der Waals surface area (Å²) in [5.41, 5.74) is 2.56. The number of aryl methyl sites for hydroxylation is 2. The summed E-state index contributed by atoms with van der Waals surface area (Å²) in [7, 11) is 2.02. The first kappa shape index (κ1) is 14.4. The lowest BCUT2D eigenvalue weighted by Gasteiger charge is -2.42. The predicted octanol–water partition coefficient (Wildman–Crippen LogP) is 2.20. The average molecular weight is 264 g/mol. The topological polar surface area (TPSA) is 33.1 Å². The molecule has 0 amide bonds. The van der Waals surface area contributed by atoms with Crippen molar-refractivity contribution in [3.8, 4) is 0 Å². The second-order valence-corrected chi connectivity index (χ2v) is 5.96. The van der Waals surface area contributed by atoms with E-state index in [1.807, 2.05) is 11.7 Å². The Kier molecular flexibility index (Phi) is 4.50. The maximum atomic E-state index is 4.60. The Morgan fingerprint density at radius 3 is 2.74 bits per heavy atom. The van der Waals surface area contributed by atoms with Gasteiger partial charge in [0.15, 0.2) is 0 Å². The molecule has 0 radical (unpaired) electrons. The van der Waals surface area contributed by atoms with Gasteiger partial charge in [0.1, 0.15) is 0 Å². The molecule has 0 aliphatic carbocycles. The third-order valence-corrected chi connectivity index (χ3v) is 4.25. The first-order valence-corrected chi connectivity index (χ1v) is 7.59. The monoisotopic (exact) mass is 264 g/mol. The Balaban J connectivity index is 2.26. The Morgan fingerprint density at radius 1 is 1.42 bits per heavy atom. The van der Waals surface area contributed by atoms with Crippen molar-refractivity contribution in [1.82, 2.24) is 15.1 Å². The minimum absolute atomic E-state index is 0.577. The third kappa shape index (κ3) is 2.94. The predicted molar refractivity (Wildman–Crippen MR) is 80.6 cm³/mol. The average Bonchev–Trinajstić information content (AvgIpc) is 2.78. The van der Waals surface area contributed by atoms with E-state index >= 15 is 0 Å². The summed E-state index contributed by atoms with van der Waals surface area (Å²) in [5, 5.41) is 8.29. The van der Waals surface area contributed by atoms with Gasteiger partial charge in [-0.2, -0.15) is 5.10 Å². The maximum Gasteiger partial charge on any atom is 0.0855 e. The van der Waals surface area contributed by atoms with Crippen molar-refractivity contribution in [2.24, 2.45) is 13.0 Å². The minimum atomic E-state index is 0.577. The molecule has 1 aliphatic rings. The van der Waals surface area contributed by atoms with Gasteiger partial charge < -0.3 is 10.2 Å². The molecule has 2 atom stereocenters. The normalized spacial score (nSPS) is 24.2. The molecule has 0 aromatic carbocycles. The van der Waals surface area contributed by atoms with Crippen molar-refractivity contribution in [1.29, 1.82) is 0 Å². The number of hydrogen-bond acceptors (Lipinski definition) is 3. The number of piperazine rings is 1. The van der Waals surface area contributed by atoms with Gasteiger partial charge in [0.2, 0.25) is 0 Å². The molecule has 0 spiro atoms. The molecule has 4 heteroatoms. The highest BCUT2D eigenvalue weighted by Crippen LogP contribution is 2.26. The molecule has 1 N–H and O–H groups in total. The van der Waals surface area contributed by atoms with Crippen molar-refractivity contribution >= 4 is 5.69 Å². The Hall–Kier alpha value is -1.03. The fourth-order valence-corrected chi connectivity index (χ4v) is 2.94.